The van der Waals surface area contributed by atoms with E-state index in [9.17, 15) is 0 Å². The summed E-state index contributed by atoms with van der Waals surface area (Å²) in [7, 11) is 1.74. The van der Waals surface area contributed by atoms with E-state index < -0.39 is 0 Å². The van der Waals surface area contributed by atoms with Crippen LogP contribution in [0.1, 0.15) is 57.4 Å². The SMILES string of the molecule is CCNC(=NCc1cc(C(C)C)no1)NCCCCCOC. The second-order valence-corrected chi connectivity index (χ2v) is 5.55. The first-order valence-electron chi connectivity index (χ1n) is 8.14. The Labute approximate surface area is 133 Å². The van der Waals surface area contributed by atoms with Crippen molar-refractivity contribution in [2.75, 3.05) is 26.8 Å². The van der Waals surface area contributed by atoms with Gasteiger partial charge in [0.05, 0.1) is 5.69 Å². The quantitative estimate of drug-likeness (QED) is 0.395. The van der Waals surface area contributed by atoms with Crippen molar-refractivity contribution in [3.05, 3.63) is 17.5 Å². The highest BCUT2D eigenvalue weighted by molar-refractivity contribution is 5.79. The van der Waals surface area contributed by atoms with Crippen molar-refractivity contribution in [1.82, 2.24) is 15.8 Å². The van der Waals surface area contributed by atoms with Crippen LogP contribution < -0.4 is 10.6 Å². The molecular formula is C16H30N4O2. The molecule has 0 aliphatic heterocycles. The largest absolute Gasteiger partial charge is 0.385 e. The lowest BCUT2D eigenvalue weighted by Gasteiger charge is -2.10. The predicted molar refractivity (Wildman–Crippen MR) is 89.1 cm³/mol. The molecule has 1 aromatic rings. The minimum Gasteiger partial charge on any atom is -0.385 e. The fraction of sp³-hybridized carbons (Fsp3) is 0.750. The Morgan fingerprint density at radius 2 is 2.14 bits per heavy atom. The van der Waals surface area contributed by atoms with Crippen molar-refractivity contribution < 1.29 is 9.26 Å². The summed E-state index contributed by atoms with van der Waals surface area (Å²) < 4.78 is 10.3. The number of rotatable bonds is 10. The lowest BCUT2D eigenvalue weighted by atomic mass is 10.1. The molecule has 6 nitrogen and oxygen atoms in total. The Bertz CT molecular complexity index is 430. The van der Waals surface area contributed by atoms with E-state index in [4.69, 9.17) is 9.26 Å². The smallest absolute Gasteiger partial charge is 0.191 e. The minimum absolute atomic E-state index is 0.375. The number of unbranched alkanes of at least 4 members (excludes halogenated alkanes) is 2. The molecule has 0 aliphatic carbocycles. The number of hydrogen-bond acceptors (Lipinski definition) is 4. The van der Waals surface area contributed by atoms with Crippen LogP contribution >= 0.6 is 0 Å². The van der Waals surface area contributed by atoms with Gasteiger partial charge >= 0.3 is 0 Å². The Kier molecular flexibility index (Phi) is 9.30. The van der Waals surface area contributed by atoms with E-state index in [0.29, 0.717) is 12.5 Å². The van der Waals surface area contributed by atoms with Crippen LogP contribution in [0.5, 0.6) is 0 Å². The van der Waals surface area contributed by atoms with Crippen molar-refractivity contribution >= 4 is 5.96 Å². The van der Waals surface area contributed by atoms with Crippen molar-refractivity contribution in [3.8, 4) is 0 Å². The van der Waals surface area contributed by atoms with Crippen LogP contribution in [0, 0.1) is 0 Å². The van der Waals surface area contributed by atoms with E-state index in [1.807, 2.05) is 6.07 Å². The van der Waals surface area contributed by atoms with E-state index in [1.54, 1.807) is 7.11 Å². The predicted octanol–water partition coefficient (Wildman–Crippen LogP) is 2.67. The zero-order valence-electron chi connectivity index (χ0n) is 14.3. The maximum absolute atomic E-state index is 5.30. The number of guanidine groups is 1. The molecule has 1 heterocycles. The molecule has 1 rings (SSSR count). The Hall–Kier alpha value is -1.56. The molecule has 6 heteroatoms. The standard InChI is InChI=1S/C16H30N4O2/c1-5-17-16(18-9-7-6-8-10-21-4)19-12-14-11-15(13(2)3)20-22-14/h11,13H,5-10,12H2,1-4H3,(H2,17,18,19). The molecule has 2 N–H and O–H groups in total. The van der Waals surface area contributed by atoms with E-state index in [1.165, 1.54) is 0 Å². The van der Waals surface area contributed by atoms with Gasteiger partial charge in [0.2, 0.25) is 0 Å². The molecular weight excluding hydrogens is 280 g/mol. The third kappa shape index (κ3) is 7.45. The molecule has 0 aromatic carbocycles. The number of aliphatic imine (C=N–C) groups is 1. The number of nitrogens with one attached hydrogen (secondary N) is 2. The van der Waals surface area contributed by atoms with Gasteiger partial charge < -0.3 is 19.9 Å². The van der Waals surface area contributed by atoms with Gasteiger partial charge in [0.15, 0.2) is 11.7 Å². The summed E-state index contributed by atoms with van der Waals surface area (Å²) in [5.74, 6) is 1.98. The molecule has 0 fully saturated rings. The molecule has 0 spiro atoms. The molecule has 0 saturated heterocycles. The van der Waals surface area contributed by atoms with Crippen LogP contribution in [0.25, 0.3) is 0 Å². The normalized spacial score (nSPS) is 12.0. The summed E-state index contributed by atoms with van der Waals surface area (Å²) >= 11 is 0. The average Bonchev–Trinajstić information content (AvgIpc) is 2.97. The minimum atomic E-state index is 0.375. The average molecular weight is 310 g/mol. The molecule has 22 heavy (non-hydrogen) atoms. The van der Waals surface area contributed by atoms with Gasteiger partial charge in [0.1, 0.15) is 6.54 Å². The highest BCUT2D eigenvalue weighted by Gasteiger charge is 2.07. The lowest BCUT2D eigenvalue weighted by molar-refractivity contribution is 0.192. The van der Waals surface area contributed by atoms with Crippen molar-refractivity contribution in [3.63, 3.8) is 0 Å². The third-order valence-corrected chi connectivity index (χ3v) is 3.22. The molecule has 0 unspecified atom stereocenters. The van der Waals surface area contributed by atoms with E-state index >= 15 is 0 Å². The Morgan fingerprint density at radius 1 is 1.32 bits per heavy atom. The van der Waals surface area contributed by atoms with Gasteiger partial charge in [-0.2, -0.15) is 0 Å². The van der Waals surface area contributed by atoms with Gasteiger partial charge in [0.25, 0.3) is 0 Å². The summed E-state index contributed by atoms with van der Waals surface area (Å²) in [6, 6.07) is 1.97. The zero-order valence-corrected chi connectivity index (χ0v) is 14.3. The summed E-state index contributed by atoms with van der Waals surface area (Å²) in [5.41, 5.74) is 0.973. The first-order valence-corrected chi connectivity index (χ1v) is 8.14. The molecule has 0 amide bonds. The second kappa shape index (κ2) is 11.1. The highest BCUT2D eigenvalue weighted by atomic mass is 16.5. The summed E-state index contributed by atoms with van der Waals surface area (Å²) in [4.78, 5) is 4.53. The van der Waals surface area contributed by atoms with Crippen LogP contribution in [0.15, 0.2) is 15.6 Å². The van der Waals surface area contributed by atoms with Crippen LogP contribution in [0.2, 0.25) is 0 Å². The van der Waals surface area contributed by atoms with Crippen molar-refractivity contribution in [1.29, 1.82) is 0 Å². The van der Waals surface area contributed by atoms with E-state index in [-0.39, 0.29) is 0 Å². The van der Waals surface area contributed by atoms with E-state index in [0.717, 1.165) is 56.4 Å². The third-order valence-electron chi connectivity index (χ3n) is 3.22. The topological polar surface area (TPSA) is 71.7 Å². The van der Waals surface area contributed by atoms with Gasteiger partial charge in [-0.05, 0) is 32.1 Å². The molecule has 0 atom stereocenters. The number of ether oxygens (including phenoxy) is 1. The number of methoxy groups -OCH3 is 1. The molecule has 126 valence electrons. The van der Waals surface area contributed by atoms with Gasteiger partial charge in [0, 0.05) is 32.9 Å². The van der Waals surface area contributed by atoms with Crippen molar-refractivity contribution in [2.24, 2.45) is 4.99 Å². The highest BCUT2D eigenvalue weighted by Crippen LogP contribution is 2.14. The van der Waals surface area contributed by atoms with Gasteiger partial charge in [-0.1, -0.05) is 19.0 Å². The molecule has 0 radical (unpaired) electrons. The molecule has 0 saturated carbocycles. The first-order chi connectivity index (χ1) is 10.7. The van der Waals surface area contributed by atoms with E-state index in [2.05, 4.69) is 41.6 Å². The summed E-state index contributed by atoms with van der Waals surface area (Å²) in [6.07, 6.45) is 3.36. The van der Waals surface area contributed by atoms with Gasteiger partial charge in [-0.3, -0.25) is 0 Å². The fourth-order valence-corrected chi connectivity index (χ4v) is 1.93. The number of hydrogen-bond donors (Lipinski definition) is 2. The second-order valence-electron chi connectivity index (χ2n) is 5.55. The molecule has 0 bridgehead atoms. The Morgan fingerprint density at radius 3 is 2.77 bits per heavy atom. The van der Waals surface area contributed by atoms with Crippen LogP contribution in [-0.2, 0) is 11.3 Å². The first kappa shape index (κ1) is 18.5. The molecule has 0 aliphatic rings. The summed E-state index contributed by atoms with van der Waals surface area (Å²) in [5, 5.41) is 10.6. The number of nitrogens with zero attached hydrogens (tertiary/aromatic N) is 2. The van der Waals surface area contributed by atoms with Gasteiger partial charge in [-0.25, -0.2) is 4.99 Å². The Balaban J connectivity index is 2.37. The summed E-state index contributed by atoms with van der Waals surface area (Å²) in [6.45, 7) is 9.32. The van der Waals surface area contributed by atoms with Crippen LogP contribution in [-0.4, -0.2) is 37.9 Å². The molecule has 1 aromatic heterocycles. The van der Waals surface area contributed by atoms with Crippen molar-refractivity contribution in [2.45, 2.75) is 52.5 Å². The number of aromatic nitrogens is 1. The maximum atomic E-state index is 5.30. The monoisotopic (exact) mass is 310 g/mol. The lowest BCUT2D eigenvalue weighted by Crippen LogP contribution is -2.37. The van der Waals surface area contributed by atoms with Crippen LogP contribution in [0.3, 0.4) is 0 Å². The maximum Gasteiger partial charge on any atom is 0.191 e. The zero-order chi connectivity index (χ0) is 16.2. The van der Waals surface area contributed by atoms with Gasteiger partial charge in [-0.15, -0.1) is 0 Å². The fourth-order valence-electron chi connectivity index (χ4n) is 1.93. The van der Waals surface area contributed by atoms with Crippen LogP contribution in [0.4, 0.5) is 0 Å².